The molecule has 1 amide bonds. The van der Waals surface area contributed by atoms with Crippen LogP contribution in [-0.4, -0.2) is 28.8 Å². The first-order valence-corrected chi connectivity index (χ1v) is 10.8. The third-order valence-electron chi connectivity index (χ3n) is 5.03. The van der Waals surface area contributed by atoms with Crippen molar-refractivity contribution in [1.82, 2.24) is 5.32 Å². The van der Waals surface area contributed by atoms with Crippen molar-refractivity contribution in [2.45, 2.75) is 32.1 Å². The third-order valence-corrected chi connectivity index (χ3v) is 6.13. The standard InChI is InChI=1S/C23H23NO6S/c1-13-16-8-9-19(25)14(2)21(16)30-23(29)17(13)10-20(26)24-18(22(27)28)12-31-11-15-6-4-3-5-7-15/h3-9,18,25H,10-12H2,1-2H3,(H,24,26)(H,27,28)/p-1/t18-/m0/s1. The monoisotopic (exact) mass is 440 g/mol. The fraction of sp³-hybridized carbons (Fsp3) is 0.261. The van der Waals surface area contributed by atoms with Crippen molar-refractivity contribution in [3.05, 3.63) is 75.1 Å². The number of phenolic OH excluding ortho intramolecular Hbond substituents is 1. The molecule has 0 radical (unpaired) electrons. The molecule has 2 aromatic carbocycles. The van der Waals surface area contributed by atoms with Crippen molar-refractivity contribution in [2.24, 2.45) is 0 Å². The van der Waals surface area contributed by atoms with Crippen LogP contribution in [0.25, 0.3) is 11.0 Å². The molecule has 1 atom stereocenters. The van der Waals surface area contributed by atoms with Gasteiger partial charge in [-0.2, -0.15) is 11.8 Å². The fourth-order valence-electron chi connectivity index (χ4n) is 3.23. The normalized spacial score (nSPS) is 11.9. The Balaban J connectivity index is 1.71. The minimum atomic E-state index is -1.39. The number of hydrogen-bond donors (Lipinski definition) is 2. The minimum Gasteiger partial charge on any atom is -0.548 e. The van der Waals surface area contributed by atoms with E-state index >= 15 is 0 Å². The molecule has 1 aromatic heterocycles. The Morgan fingerprint density at radius 2 is 1.84 bits per heavy atom. The number of aliphatic carboxylic acids is 1. The molecule has 2 N–H and O–H groups in total. The van der Waals surface area contributed by atoms with Gasteiger partial charge in [0, 0.05) is 22.5 Å². The summed E-state index contributed by atoms with van der Waals surface area (Å²) in [6, 6.07) is 11.5. The first-order valence-electron chi connectivity index (χ1n) is 9.64. The maximum absolute atomic E-state index is 12.5. The van der Waals surface area contributed by atoms with Crippen LogP contribution in [0.15, 0.2) is 51.7 Å². The van der Waals surface area contributed by atoms with Crippen molar-refractivity contribution in [2.75, 3.05) is 5.75 Å². The van der Waals surface area contributed by atoms with Crippen LogP contribution in [0.2, 0.25) is 0 Å². The molecule has 0 saturated carbocycles. The molecule has 0 fully saturated rings. The molecule has 0 unspecified atom stereocenters. The van der Waals surface area contributed by atoms with Gasteiger partial charge in [-0.05, 0) is 37.1 Å². The van der Waals surface area contributed by atoms with Gasteiger partial charge in [0.1, 0.15) is 11.3 Å². The summed E-state index contributed by atoms with van der Waals surface area (Å²) >= 11 is 1.36. The lowest BCUT2D eigenvalue weighted by Gasteiger charge is -2.19. The number of fused-ring (bicyclic) bond motifs is 1. The van der Waals surface area contributed by atoms with Crippen LogP contribution in [0, 0.1) is 13.8 Å². The van der Waals surface area contributed by atoms with Crippen LogP contribution in [0.4, 0.5) is 0 Å². The van der Waals surface area contributed by atoms with E-state index in [1.807, 2.05) is 30.3 Å². The highest BCUT2D eigenvalue weighted by Crippen LogP contribution is 2.28. The largest absolute Gasteiger partial charge is 0.548 e. The lowest BCUT2D eigenvalue weighted by Crippen LogP contribution is -2.50. The van der Waals surface area contributed by atoms with Gasteiger partial charge >= 0.3 is 5.63 Å². The van der Waals surface area contributed by atoms with Gasteiger partial charge in [0.2, 0.25) is 5.91 Å². The molecule has 3 rings (SSSR count). The molecule has 0 aliphatic carbocycles. The molecule has 31 heavy (non-hydrogen) atoms. The number of aryl methyl sites for hydroxylation is 2. The number of rotatable bonds is 8. The number of aromatic hydroxyl groups is 1. The predicted octanol–water partition coefficient (Wildman–Crippen LogP) is 1.83. The van der Waals surface area contributed by atoms with Crippen molar-refractivity contribution in [3.63, 3.8) is 0 Å². The van der Waals surface area contributed by atoms with Crippen LogP contribution < -0.4 is 16.0 Å². The smallest absolute Gasteiger partial charge is 0.340 e. The van der Waals surface area contributed by atoms with Gasteiger partial charge in [0.25, 0.3) is 0 Å². The highest BCUT2D eigenvalue weighted by molar-refractivity contribution is 7.98. The summed E-state index contributed by atoms with van der Waals surface area (Å²) in [5.74, 6) is -1.26. The number of nitrogens with one attached hydrogen (secondary N) is 1. The Morgan fingerprint density at radius 1 is 1.13 bits per heavy atom. The van der Waals surface area contributed by atoms with E-state index in [4.69, 9.17) is 4.42 Å². The maximum Gasteiger partial charge on any atom is 0.340 e. The molecule has 0 bridgehead atoms. The molecular formula is C23H22NO6S-. The highest BCUT2D eigenvalue weighted by Gasteiger charge is 2.19. The zero-order valence-electron chi connectivity index (χ0n) is 17.1. The lowest BCUT2D eigenvalue weighted by molar-refractivity contribution is -0.307. The number of carboxylic acid groups (broad SMARTS) is 1. The molecule has 0 aliphatic heterocycles. The molecule has 162 valence electrons. The van der Waals surface area contributed by atoms with Crippen molar-refractivity contribution in [1.29, 1.82) is 0 Å². The van der Waals surface area contributed by atoms with E-state index in [-0.39, 0.29) is 29.1 Å². The quantitative estimate of drug-likeness (QED) is 0.513. The second kappa shape index (κ2) is 9.70. The average Bonchev–Trinajstić information content (AvgIpc) is 2.74. The zero-order valence-corrected chi connectivity index (χ0v) is 18.0. The Labute approximate surface area is 183 Å². The van der Waals surface area contributed by atoms with E-state index < -0.39 is 23.5 Å². The molecule has 3 aromatic rings. The Hall–Kier alpha value is -3.26. The number of phenols is 1. The van der Waals surface area contributed by atoms with Crippen LogP contribution >= 0.6 is 11.8 Å². The first kappa shape index (κ1) is 22.4. The van der Waals surface area contributed by atoms with E-state index in [9.17, 15) is 24.6 Å². The second-order valence-electron chi connectivity index (χ2n) is 7.20. The zero-order chi connectivity index (χ0) is 22.5. The number of amides is 1. The van der Waals surface area contributed by atoms with E-state index in [0.29, 0.717) is 22.3 Å². The number of carbonyl (C=O) groups excluding carboxylic acids is 2. The van der Waals surface area contributed by atoms with Gasteiger partial charge in [-0.3, -0.25) is 4.79 Å². The molecule has 7 nitrogen and oxygen atoms in total. The van der Waals surface area contributed by atoms with Gasteiger partial charge in [0.15, 0.2) is 0 Å². The molecule has 0 saturated heterocycles. The van der Waals surface area contributed by atoms with E-state index in [2.05, 4.69) is 5.32 Å². The summed E-state index contributed by atoms with van der Waals surface area (Å²) in [7, 11) is 0. The van der Waals surface area contributed by atoms with E-state index in [0.717, 1.165) is 5.56 Å². The number of carbonyl (C=O) groups is 2. The van der Waals surface area contributed by atoms with Crippen LogP contribution in [0.1, 0.15) is 22.3 Å². The van der Waals surface area contributed by atoms with Crippen molar-refractivity contribution in [3.8, 4) is 5.75 Å². The SMILES string of the molecule is Cc1c(CC(=O)N[C@@H](CSCc2ccccc2)C(=O)[O-])c(=O)oc2c(C)c(O)ccc12. The van der Waals surface area contributed by atoms with Gasteiger partial charge in [0.05, 0.1) is 24.0 Å². The number of thioether (sulfide) groups is 1. The Kier molecular flexibility index (Phi) is 7.02. The predicted molar refractivity (Wildman–Crippen MR) is 117 cm³/mol. The minimum absolute atomic E-state index is 0.00495. The lowest BCUT2D eigenvalue weighted by atomic mass is 10.0. The number of carboxylic acids is 1. The Bertz CT molecular complexity index is 1170. The van der Waals surface area contributed by atoms with E-state index in [1.54, 1.807) is 19.9 Å². The summed E-state index contributed by atoms with van der Waals surface area (Å²) < 4.78 is 5.32. The molecule has 0 spiro atoms. The second-order valence-corrected chi connectivity index (χ2v) is 8.23. The number of benzene rings is 2. The number of hydrogen-bond acceptors (Lipinski definition) is 7. The molecule has 8 heteroatoms. The van der Waals surface area contributed by atoms with Gasteiger partial charge in [-0.25, -0.2) is 4.79 Å². The summed E-state index contributed by atoms with van der Waals surface area (Å²) in [5, 5.41) is 24.3. The summed E-state index contributed by atoms with van der Waals surface area (Å²) in [6.07, 6.45) is -0.322. The molecular weight excluding hydrogens is 418 g/mol. The van der Waals surface area contributed by atoms with Crippen molar-refractivity contribution >= 4 is 34.6 Å². The molecule has 0 aliphatic rings. The molecule has 1 heterocycles. The van der Waals surface area contributed by atoms with Crippen LogP contribution in [0.5, 0.6) is 5.75 Å². The fourth-order valence-corrected chi connectivity index (χ4v) is 4.23. The van der Waals surface area contributed by atoms with Gasteiger partial charge < -0.3 is 24.7 Å². The van der Waals surface area contributed by atoms with Gasteiger partial charge in [-0.15, -0.1) is 0 Å². The van der Waals surface area contributed by atoms with Crippen LogP contribution in [-0.2, 0) is 21.8 Å². The van der Waals surface area contributed by atoms with E-state index in [1.165, 1.54) is 17.8 Å². The first-order chi connectivity index (χ1) is 14.8. The maximum atomic E-state index is 12.5. The third kappa shape index (κ3) is 5.27. The van der Waals surface area contributed by atoms with Gasteiger partial charge in [-0.1, -0.05) is 30.3 Å². The topological polar surface area (TPSA) is 120 Å². The van der Waals surface area contributed by atoms with Crippen LogP contribution in [0.3, 0.4) is 0 Å². The van der Waals surface area contributed by atoms with Crippen molar-refractivity contribution < 1.29 is 24.2 Å². The summed E-state index contributed by atoms with van der Waals surface area (Å²) in [6.45, 7) is 3.31. The highest BCUT2D eigenvalue weighted by atomic mass is 32.2. The Morgan fingerprint density at radius 3 is 2.52 bits per heavy atom. The summed E-state index contributed by atoms with van der Waals surface area (Å²) in [4.78, 5) is 36.4. The average molecular weight is 440 g/mol. The summed E-state index contributed by atoms with van der Waals surface area (Å²) in [5.41, 5.74) is 1.73.